The largest absolute Gasteiger partial charge is 0.370 e. The van der Waals surface area contributed by atoms with Gasteiger partial charge in [0.2, 0.25) is 11.9 Å². The highest BCUT2D eigenvalue weighted by Gasteiger charge is 2.25. The van der Waals surface area contributed by atoms with Gasteiger partial charge in [0.05, 0.1) is 5.56 Å². The Hall–Kier alpha value is -2.05. The molecule has 0 spiro atoms. The van der Waals surface area contributed by atoms with Gasteiger partial charge in [-0.25, -0.2) is 9.37 Å². The van der Waals surface area contributed by atoms with Crippen LogP contribution in [0.5, 0.6) is 0 Å². The van der Waals surface area contributed by atoms with Crippen molar-refractivity contribution < 1.29 is 18.4 Å². The van der Waals surface area contributed by atoms with Crippen molar-refractivity contribution >= 4 is 11.8 Å². The quantitative estimate of drug-likeness (QED) is 0.780. The molecule has 0 bridgehead atoms. The second-order valence-corrected chi connectivity index (χ2v) is 4.44. The highest BCUT2D eigenvalue weighted by atomic mass is 19.2. The first-order chi connectivity index (χ1) is 8.23. The van der Waals surface area contributed by atoms with Crippen molar-refractivity contribution in [3.63, 3.8) is 0 Å². The SMILES string of the molecule is CC(C)(CC(N)=O)NC(=O)c1ccnc(F)c1F. The van der Waals surface area contributed by atoms with Crippen LogP contribution in [0.15, 0.2) is 12.3 Å². The summed E-state index contributed by atoms with van der Waals surface area (Å²) in [5, 5.41) is 2.40. The maximum Gasteiger partial charge on any atom is 0.254 e. The molecule has 0 saturated heterocycles. The van der Waals surface area contributed by atoms with E-state index in [1.807, 2.05) is 0 Å². The number of rotatable bonds is 4. The summed E-state index contributed by atoms with van der Waals surface area (Å²) in [7, 11) is 0. The van der Waals surface area contributed by atoms with Crippen LogP contribution < -0.4 is 11.1 Å². The second kappa shape index (κ2) is 5.07. The number of amides is 2. The van der Waals surface area contributed by atoms with Crippen molar-refractivity contribution in [2.45, 2.75) is 25.8 Å². The summed E-state index contributed by atoms with van der Waals surface area (Å²) in [6, 6.07) is 1.05. The Balaban J connectivity index is 2.89. The molecule has 7 heteroatoms. The summed E-state index contributed by atoms with van der Waals surface area (Å²) in [6.07, 6.45) is 0.863. The van der Waals surface area contributed by atoms with Gasteiger partial charge < -0.3 is 11.1 Å². The molecular weight excluding hydrogens is 244 g/mol. The number of pyridine rings is 1. The molecule has 1 heterocycles. The number of nitrogens with one attached hydrogen (secondary N) is 1. The van der Waals surface area contributed by atoms with E-state index in [4.69, 9.17) is 5.73 Å². The van der Waals surface area contributed by atoms with E-state index in [1.54, 1.807) is 13.8 Å². The highest BCUT2D eigenvalue weighted by molar-refractivity contribution is 5.95. The Morgan fingerprint density at radius 2 is 2.06 bits per heavy atom. The lowest BCUT2D eigenvalue weighted by Gasteiger charge is -2.24. The predicted octanol–water partition coefficient (Wildman–Crippen LogP) is 0.744. The Morgan fingerprint density at radius 3 is 2.61 bits per heavy atom. The molecule has 3 N–H and O–H groups in total. The van der Waals surface area contributed by atoms with Crippen molar-refractivity contribution in [2.24, 2.45) is 5.73 Å². The molecule has 18 heavy (non-hydrogen) atoms. The predicted molar refractivity (Wildman–Crippen MR) is 59.5 cm³/mol. The van der Waals surface area contributed by atoms with Crippen LogP contribution >= 0.6 is 0 Å². The number of aromatic nitrogens is 1. The van der Waals surface area contributed by atoms with Crippen LogP contribution in [0.4, 0.5) is 8.78 Å². The van der Waals surface area contributed by atoms with Crippen LogP contribution in [0.3, 0.4) is 0 Å². The van der Waals surface area contributed by atoms with Gasteiger partial charge in [-0.15, -0.1) is 0 Å². The normalized spacial score (nSPS) is 11.1. The molecule has 1 aromatic heterocycles. The minimum atomic E-state index is -1.35. The Bertz CT molecular complexity index is 489. The molecule has 0 saturated carbocycles. The minimum absolute atomic E-state index is 0.117. The average Bonchev–Trinajstić information content (AvgIpc) is 2.18. The summed E-state index contributed by atoms with van der Waals surface area (Å²) >= 11 is 0. The number of carbonyl (C=O) groups is 2. The van der Waals surface area contributed by atoms with Crippen molar-refractivity contribution in [2.75, 3.05) is 0 Å². The Morgan fingerprint density at radius 1 is 1.44 bits per heavy atom. The summed E-state index contributed by atoms with van der Waals surface area (Å²) < 4.78 is 26.1. The van der Waals surface area contributed by atoms with E-state index in [2.05, 4.69) is 10.3 Å². The zero-order chi connectivity index (χ0) is 13.9. The monoisotopic (exact) mass is 257 g/mol. The van der Waals surface area contributed by atoms with Crippen LogP contribution in [-0.4, -0.2) is 22.3 Å². The van der Waals surface area contributed by atoms with Gasteiger partial charge in [0.15, 0.2) is 5.82 Å². The van der Waals surface area contributed by atoms with E-state index in [0.717, 1.165) is 12.3 Å². The molecule has 0 fully saturated rings. The van der Waals surface area contributed by atoms with Crippen LogP contribution in [-0.2, 0) is 4.79 Å². The summed E-state index contributed by atoms with van der Waals surface area (Å²) in [6.45, 7) is 3.09. The molecular formula is C11H13F2N3O2. The van der Waals surface area contributed by atoms with E-state index >= 15 is 0 Å². The molecule has 0 aliphatic heterocycles. The summed E-state index contributed by atoms with van der Waals surface area (Å²) in [5.74, 6) is -4.12. The molecule has 0 aromatic carbocycles. The number of hydrogen-bond donors (Lipinski definition) is 2. The lowest BCUT2D eigenvalue weighted by molar-refractivity contribution is -0.119. The molecule has 5 nitrogen and oxygen atoms in total. The van der Waals surface area contributed by atoms with Crippen LogP contribution in [0.25, 0.3) is 0 Å². The lowest BCUT2D eigenvalue weighted by atomic mass is 9.99. The third kappa shape index (κ3) is 3.47. The smallest absolute Gasteiger partial charge is 0.254 e. The van der Waals surface area contributed by atoms with Crippen molar-refractivity contribution in [1.82, 2.24) is 10.3 Å². The fraction of sp³-hybridized carbons (Fsp3) is 0.364. The molecule has 1 rings (SSSR count). The Kier molecular flexibility index (Phi) is 3.95. The van der Waals surface area contributed by atoms with Gasteiger partial charge in [-0.1, -0.05) is 0 Å². The molecule has 0 aliphatic rings. The van der Waals surface area contributed by atoms with E-state index in [1.165, 1.54) is 0 Å². The van der Waals surface area contributed by atoms with Gasteiger partial charge in [0.25, 0.3) is 5.91 Å². The third-order valence-corrected chi connectivity index (χ3v) is 2.16. The number of carbonyl (C=O) groups excluding carboxylic acids is 2. The highest BCUT2D eigenvalue weighted by Crippen LogP contribution is 2.13. The first kappa shape index (κ1) is 14.0. The molecule has 0 aliphatic carbocycles. The van der Waals surface area contributed by atoms with Gasteiger partial charge in [0.1, 0.15) is 0 Å². The van der Waals surface area contributed by atoms with Crippen LogP contribution in [0, 0.1) is 11.8 Å². The van der Waals surface area contributed by atoms with Gasteiger partial charge in [-0.05, 0) is 19.9 Å². The number of hydrogen-bond acceptors (Lipinski definition) is 3. The standard InChI is InChI=1S/C11H13F2N3O2/c1-11(2,5-7(14)17)16-10(18)6-3-4-15-9(13)8(6)12/h3-4H,5H2,1-2H3,(H2,14,17)(H,16,18). The van der Waals surface area contributed by atoms with E-state index in [-0.39, 0.29) is 6.42 Å². The van der Waals surface area contributed by atoms with Gasteiger partial charge in [-0.3, -0.25) is 9.59 Å². The zero-order valence-corrected chi connectivity index (χ0v) is 9.96. The minimum Gasteiger partial charge on any atom is -0.370 e. The lowest BCUT2D eigenvalue weighted by Crippen LogP contribution is -2.46. The summed E-state index contributed by atoms with van der Waals surface area (Å²) in [5.41, 5.74) is 3.59. The molecule has 1 aromatic rings. The fourth-order valence-electron chi connectivity index (χ4n) is 1.45. The van der Waals surface area contributed by atoms with Crippen molar-refractivity contribution in [1.29, 1.82) is 0 Å². The van der Waals surface area contributed by atoms with Gasteiger partial charge in [0, 0.05) is 18.2 Å². The van der Waals surface area contributed by atoms with Gasteiger partial charge >= 0.3 is 0 Å². The molecule has 98 valence electrons. The number of nitrogens with two attached hydrogens (primary N) is 1. The fourth-order valence-corrected chi connectivity index (χ4v) is 1.45. The molecule has 2 amide bonds. The zero-order valence-electron chi connectivity index (χ0n) is 9.96. The van der Waals surface area contributed by atoms with E-state index < -0.39 is 34.7 Å². The Labute approximate surface area is 102 Å². The van der Waals surface area contributed by atoms with Gasteiger partial charge in [-0.2, -0.15) is 4.39 Å². The third-order valence-electron chi connectivity index (χ3n) is 2.16. The number of halogens is 2. The molecule has 0 atom stereocenters. The first-order valence-electron chi connectivity index (χ1n) is 5.14. The van der Waals surface area contributed by atoms with Crippen LogP contribution in [0.2, 0.25) is 0 Å². The second-order valence-electron chi connectivity index (χ2n) is 4.44. The van der Waals surface area contributed by atoms with Crippen molar-refractivity contribution in [3.8, 4) is 0 Å². The first-order valence-corrected chi connectivity index (χ1v) is 5.14. The van der Waals surface area contributed by atoms with E-state index in [9.17, 15) is 18.4 Å². The average molecular weight is 257 g/mol. The number of primary amides is 1. The number of nitrogens with zero attached hydrogens (tertiary/aromatic N) is 1. The topological polar surface area (TPSA) is 85.1 Å². The molecule has 0 unspecified atom stereocenters. The molecule has 0 radical (unpaired) electrons. The van der Waals surface area contributed by atoms with Crippen LogP contribution in [0.1, 0.15) is 30.6 Å². The van der Waals surface area contributed by atoms with Crippen molar-refractivity contribution in [3.05, 3.63) is 29.6 Å². The maximum atomic E-state index is 13.3. The maximum absolute atomic E-state index is 13.3. The summed E-state index contributed by atoms with van der Waals surface area (Å²) in [4.78, 5) is 25.6. The van der Waals surface area contributed by atoms with E-state index in [0.29, 0.717) is 0 Å².